The summed E-state index contributed by atoms with van der Waals surface area (Å²) in [4.78, 5) is 16.8. The molecule has 0 aliphatic heterocycles. The molecule has 5 heteroatoms. The summed E-state index contributed by atoms with van der Waals surface area (Å²) in [7, 11) is 0. The van der Waals surface area contributed by atoms with Gasteiger partial charge in [-0.1, -0.05) is 26.3 Å². The highest BCUT2D eigenvalue weighted by Gasteiger charge is 2.10. The summed E-state index contributed by atoms with van der Waals surface area (Å²) in [6.45, 7) is 5.37. The van der Waals surface area contributed by atoms with Crippen molar-refractivity contribution in [2.75, 3.05) is 13.2 Å². The first-order chi connectivity index (χ1) is 8.77. The summed E-state index contributed by atoms with van der Waals surface area (Å²) >= 11 is 1.40. The van der Waals surface area contributed by atoms with Crippen molar-refractivity contribution in [3.8, 4) is 0 Å². The lowest BCUT2D eigenvalue weighted by atomic mass is 10.3. The van der Waals surface area contributed by atoms with Crippen LogP contribution in [0.3, 0.4) is 0 Å². The third kappa shape index (κ3) is 5.31. The maximum atomic E-state index is 11.9. The molecule has 0 fully saturated rings. The summed E-state index contributed by atoms with van der Waals surface area (Å²) in [5.74, 6) is -0.156. The molecule has 100 valence electrons. The Morgan fingerprint density at radius 2 is 2.28 bits per heavy atom. The monoisotopic (exact) mass is 268 g/mol. The van der Waals surface area contributed by atoms with Gasteiger partial charge in [0.2, 0.25) is 0 Å². The van der Waals surface area contributed by atoms with Crippen LogP contribution in [-0.2, 0) is 4.74 Å². The van der Waals surface area contributed by atoms with Gasteiger partial charge >= 0.3 is 0 Å². The number of hydrogen-bond acceptors (Lipinski definition) is 4. The average Bonchev–Trinajstić information content (AvgIpc) is 2.89. The molecular formula is C13H20N2O2S. The number of aliphatic imine (C=N–C) groups is 1. The van der Waals surface area contributed by atoms with Gasteiger partial charge in [-0.3, -0.25) is 10.1 Å². The Kier molecular flexibility index (Phi) is 7.10. The fourth-order valence-corrected chi connectivity index (χ4v) is 1.84. The highest BCUT2D eigenvalue weighted by Crippen LogP contribution is 2.07. The van der Waals surface area contributed by atoms with Crippen LogP contribution in [0.15, 0.2) is 22.5 Å². The Balaban J connectivity index is 2.54. The smallest absolute Gasteiger partial charge is 0.291 e. The standard InChI is InChI=1S/C13H20N2O2S/c1-3-5-8-14-13(17-9-4-2)15-12(16)11-7-6-10-18-11/h6-7,10H,3-5,8-9H2,1-2H3,(H,14,15,16). The zero-order valence-electron chi connectivity index (χ0n) is 10.9. The highest BCUT2D eigenvalue weighted by atomic mass is 32.1. The molecule has 1 N–H and O–H groups in total. The summed E-state index contributed by atoms with van der Waals surface area (Å²) in [5.41, 5.74) is 0. The molecule has 0 unspecified atom stereocenters. The Labute approximate surface area is 112 Å². The van der Waals surface area contributed by atoms with E-state index in [4.69, 9.17) is 4.74 Å². The molecule has 4 nitrogen and oxygen atoms in total. The second kappa shape index (κ2) is 8.69. The lowest BCUT2D eigenvalue weighted by Crippen LogP contribution is -2.32. The minimum absolute atomic E-state index is 0.156. The Hall–Kier alpha value is -1.36. The molecule has 1 rings (SSSR count). The van der Waals surface area contributed by atoms with E-state index in [-0.39, 0.29) is 5.91 Å². The Bertz CT molecular complexity index is 374. The van der Waals surface area contributed by atoms with E-state index in [1.54, 1.807) is 6.07 Å². The molecule has 0 aliphatic carbocycles. The van der Waals surface area contributed by atoms with Crippen LogP contribution >= 0.6 is 11.3 Å². The van der Waals surface area contributed by atoms with E-state index in [0.717, 1.165) is 19.3 Å². The topological polar surface area (TPSA) is 50.7 Å². The number of ether oxygens (including phenoxy) is 1. The molecule has 0 radical (unpaired) electrons. The van der Waals surface area contributed by atoms with Crippen LogP contribution in [-0.4, -0.2) is 25.1 Å². The van der Waals surface area contributed by atoms with E-state index in [1.165, 1.54) is 11.3 Å². The first-order valence-corrected chi connectivity index (χ1v) is 7.18. The normalized spacial score (nSPS) is 11.3. The molecular weight excluding hydrogens is 248 g/mol. The molecule has 1 aromatic heterocycles. The number of thiophene rings is 1. The van der Waals surface area contributed by atoms with Gasteiger partial charge in [-0.15, -0.1) is 11.3 Å². The van der Waals surface area contributed by atoms with Crippen LogP contribution < -0.4 is 5.32 Å². The lowest BCUT2D eigenvalue weighted by Gasteiger charge is -2.09. The van der Waals surface area contributed by atoms with Crippen molar-refractivity contribution in [3.05, 3.63) is 22.4 Å². The highest BCUT2D eigenvalue weighted by molar-refractivity contribution is 7.12. The number of rotatable bonds is 6. The predicted octanol–water partition coefficient (Wildman–Crippen LogP) is 3.06. The SMILES string of the molecule is CCCCN=C(NC(=O)c1cccs1)OCCC. The van der Waals surface area contributed by atoms with Gasteiger partial charge in [-0.25, -0.2) is 4.99 Å². The van der Waals surface area contributed by atoms with Crippen LogP contribution in [0.4, 0.5) is 0 Å². The average molecular weight is 268 g/mol. The number of unbranched alkanes of at least 4 members (excludes halogenated alkanes) is 1. The summed E-state index contributed by atoms with van der Waals surface area (Å²) in [6, 6.07) is 3.97. The number of hydrogen-bond donors (Lipinski definition) is 1. The Morgan fingerprint density at radius 1 is 1.44 bits per heavy atom. The van der Waals surface area contributed by atoms with Gasteiger partial charge in [-0.05, 0) is 24.3 Å². The van der Waals surface area contributed by atoms with E-state index in [9.17, 15) is 4.79 Å². The zero-order chi connectivity index (χ0) is 13.2. The van der Waals surface area contributed by atoms with E-state index < -0.39 is 0 Å². The first kappa shape index (κ1) is 14.7. The second-order valence-electron chi connectivity index (χ2n) is 3.82. The number of nitrogens with one attached hydrogen (secondary N) is 1. The largest absolute Gasteiger partial charge is 0.465 e. The number of carbonyl (C=O) groups is 1. The maximum Gasteiger partial charge on any atom is 0.291 e. The van der Waals surface area contributed by atoms with Crippen molar-refractivity contribution in [1.29, 1.82) is 0 Å². The van der Waals surface area contributed by atoms with Crippen molar-refractivity contribution < 1.29 is 9.53 Å². The fraction of sp³-hybridized carbons (Fsp3) is 0.538. The van der Waals surface area contributed by atoms with Crippen LogP contribution in [0, 0.1) is 0 Å². The molecule has 0 aromatic carbocycles. The fourth-order valence-electron chi connectivity index (χ4n) is 1.23. The van der Waals surface area contributed by atoms with Crippen molar-refractivity contribution in [2.24, 2.45) is 4.99 Å². The zero-order valence-corrected chi connectivity index (χ0v) is 11.8. The molecule has 18 heavy (non-hydrogen) atoms. The van der Waals surface area contributed by atoms with Gasteiger partial charge in [0, 0.05) is 6.54 Å². The van der Waals surface area contributed by atoms with Gasteiger partial charge in [0.15, 0.2) is 0 Å². The Morgan fingerprint density at radius 3 is 2.89 bits per heavy atom. The van der Waals surface area contributed by atoms with E-state index in [2.05, 4.69) is 17.2 Å². The van der Waals surface area contributed by atoms with E-state index >= 15 is 0 Å². The van der Waals surface area contributed by atoms with Gasteiger partial charge in [0.1, 0.15) is 0 Å². The van der Waals surface area contributed by atoms with Gasteiger partial charge in [0.05, 0.1) is 11.5 Å². The molecule has 1 aromatic rings. The minimum atomic E-state index is -0.156. The molecule has 1 heterocycles. The molecule has 1 amide bonds. The lowest BCUT2D eigenvalue weighted by molar-refractivity contribution is 0.0969. The number of amidine groups is 1. The first-order valence-electron chi connectivity index (χ1n) is 6.30. The van der Waals surface area contributed by atoms with Crippen molar-refractivity contribution in [3.63, 3.8) is 0 Å². The number of amides is 1. The summed E-state index contributed by atoms with van der Waals surface area (Å²) < 4.78 is 5.43. The minimum Gasteiger partial charge on any atom is -0.465 e. The summed E-state index contributed by atoms with van der Waals surface area (Å²) in [6.07, 6.45) is 2.96. The molecule has 0 spiro atoms. The van der Waals surface area contributed by atoms with Crippen molar-refractivity contribution >= 4 is 23.3 Å². The number of nitrogens with zero attached hydrogens (tertiary/aromatic N) is 1. The third-order valence-corrected chi connectivity index (χ3v) is 3.04. The molecule has 0 aliphatic rings. The molecule has 0 atom stereocenters. The van der Waals surface area contributed by atoms with Crippen LogP contribution in [0.1, 0.15) is 42.8 Å². The third-order valence-electron chi connectivity index (χ3n) is 2.18. The van der Waals surface area contributed by atoms with Crippen LogP contribution in [0.2, 0.25) is 0 Å². The maximum absolute atomic E-state index is 11.9. The number of carbonyl (C=O) groups excluding carboxylic acids is 1. The predicted molar refractivity (Wildman–Crippen MR) is 75.2 cm³/mol. The van der Waals surface area contributed by atoms with Gasteiger partial charge < -0.3 is 4.74 Å². The van der Waals surface area contributed by atoms with Gasteiger partial charge in [-0.2, -0.15) is 0 Å². The van der Waals surface area contributed by atoms with E-state index in [1.807, 2.05) is 18.4 Å². The van der Waals surface area contributed by atoms with Crippen LogP contribution in [0.25, 0.3) is 0 Å². The molecule has 0 saturated heterocycles. The van der Waals surface area contributed by atoms with Gasteiger partial charge in [0.25, 0.3) is 11.9 Å². The summed E-state index contributed by atoms with van der Waals surface area (Å²) in [5, 5.41) is 4.58. The quantitative estimate of drug-likeness (QED) is 0.490. The van der Waals surface area contributed by atoms with Crippen LogP contribution in [0.5, 0.6) is 0 Å². The second-order valence-corrected chi connectivity index (χ2v) is 4.77. The van der Waals surface area contributed by atoms with E-state index in [0.29, 0.717) is 24.1 Å². The molecule has 0 bridgehead atoms. The van der Waals surface area contributed by atoms with Crippen molar-refractivity contribution in [1.82, 2.24) is 5.32 Å². The van der Waals surface area contributed by atoms with Crippen molar-refractivity contribution in [2.45, 2.75) is 33.1 Å². The molecule has 0 saturated carbocycles.